The zero-order chi connectivity index (χ0) is 20.7. The number of fused-ring (bicyclic) bond motifs is 1. The van der Waals surface area contributed by atoms with Gasteiger partial charge in [-0.25, -0.2) is 0 Å². The van der Waals surface area contributed by atoms with E-state index in [0.29, 0.717) is 16.9 Å². The Morgan fingerprint density at radius 2 is 1.66 bits per heavy atom. The van der Waals surface area contributed by atoms with Crippen LogP contribution in [0.5, 0.6) is 23.0 Å². The molecule has 1 saturated heterocycles. The highest BCUT2D eigenvalue weighted by atomic mass is 16.7. The fraction of sp³-hybridized carbons (Fsp3) is 0.300. The number of hydrogen-bond acceptors (Lipinski definition) is 8. The molecule has 9 heteroatoms. The predicted molar refractivity (Wildman–Crippen MR) is 99.1 cm³/mol. The van der Waals surface area contributed by atoms with Crippen LogP contribution in [0.1, 0.15) is 17.2 Å². The monoisotopic (exact) mass is 405 g/mol. The molecule has 5 unspecified atom stereocenters. The van der Waals surface area contributed by atoms with Crippen molar-refractivity contribution in [1.82, 2.24) is 0 Å². The van der Waals surface area contributed by atoms with Crippen molar-refractivity contribution in [2.45, 2.75) is 30.7 Å². The number of phenols is 3. The zero-order valence-corrected chi connectivity index (χ0v) is 15.1. The van der Waals surface area contributed by atoms with Crippen molar-refractivity contribution < 1.29 is 44.8 Å². The van der Waals surface area contributed by atoms with E-state index in [4.69, 9.17) is 9.47 Å². The van der Waals surface area contributed by atoms with Crippen LogP contribution in [0, 0.1) is 0 Å². The summed E-state index contributed by atoms with van der Waals surface area (Å²) in [6.45, 7) is -0.229. The average molecular weight is 405 g/mol. The zero-order valence-electron chi connectivity index (χ0n) is 15.1. The Balaban J connectivity index is 1.71. The lowest BCUT2D eigenvalue weighted by atomic mass is 10.0. The molecule has 0 radical (unpaired) electrons. The van der Waals surface area contributed by atoms with E-state index in [0.717, 1.165) is 6.07 Å². The number of aliphatic hydroxyl groups is 4. The van der Waals surface area contributed by atoms with Crippen LogP contribution in [0.4, 0.5) is 0 Å². The van der Waals surface area contributed by atoms with Gasteiger partial charge in [0.2, 0.25) is 6.29 Å². The number of hydrogen-bond donors (Lipinski definition) is 6. The molecule has 0 aromatic heterocycles. The lowest BCUT2D eigenvalue weighted by Crippen LogP contribution is -2.53. The van der Waals surface area contributed by atoms with E-state index in [1.807, 2.05) is 0 Å². The number of benzene rings is 2. The molecule has 0 aliphatic carbocycles. The second-order valence-electron chi connectivity index (χ2n) is 6.94. The largest absolute Gasteiger partial charge is 0.571 e. The van der Waals surface area contributed by atoms with E-state index in [2.05, 4.69) is 4.74 Å². The predicted octanol–water partition coefficient (Wildman–Crippen LogP) is 0.596. The van der Waals surface area contributed by atoms with E-state index in [-0.39, 0.29) is 29.6 Å². The van der Waals surface area contributed by atoms with Gasteiger partial charge in [0.05, 0.1) is 18.2 Å². The molecular formula is C20H21O9+. The van der Waals surface area contributed by atoms with Gasteiger partial charge in [0, 0.05) is 12.1 Å². The van der Waals surface area contributed by atoms with Gasteiger partial charge in [-0.15, -0.1) is 0 Å². The first-order chi connectivity index (χ1) is 13.8. The highest BCUT2D eigenvalue weighted by molar-refractivity contribution is 5.69. The Bertz CT molecular complexity index is 924. The number of aromatic hydroxyl groups is 4. The first-order valence-corrected chi connectivity index (χ1v) is 8.93. The van der Waals surface area contributed by atoms with Crippen molar-refractivity contribution in [2.24, 2.45) is 0 Å². The van der Waals surface area contributed by atoms with Crippen LogP contribution >= 0.6 is 0 Å². The summed E-state index contributed by atoms with van der Waals surface area (Å²) in [7, 11) is 0. The quantitative estimate of drug-likeness (QED) is 0.406. The number of phenolic OH excluding ortho intramolecular Hbond substituents is 3. The Kier molecular flexibility index (Phi) is 4.97. The molecule has 0 bridgehead atoms. The van der Waals surface area contributed by atoms with Gasteiger partial charge in [0.25, 0.3) is 11.9 Å². The number of ether oxygens (including phenoxy) is 3. The highest BCUT2D eigenvalue weighted by Crippen LogP contribution is 2.45. The molecule has 2 aromatic rings. The maximum atomic E-state index is 10.2. The Labute approximate surface area is 165 Å². The van der Waals surface area contributed by atoms with E-state index >= 15 is 0 Å². The Hall–Kier alpha value is -2.98. The second kappa shape index (κ2) is 7.45. The second-order valence-corrected chi connectivity index (χ2v) is 6.94. The molecule has 29 heavy (non-hydrogen) atoms. The van der Waals surface area contributed by atoms with E-state index in [1.54, 1.807) is 12.1 Å². The molecule has 1 fully saturated rings. The molecule has 4 rings (SSSR count). The smallest absolute Gasteiger partial charge is 0.270 e. The molecule has 2 aliphatic rings. The SMILES string of the molecule is Oc1ccc(C2[OH+]c3cc(O)cc(O)c3C=C2OC2OCC(O)C(O)C2O)cc1. The molecule has 2 aromatic carbocycles. The van der Waals surface area contributed by atoms with Gasteiger partial charge in [-0.2, -0.15) is 0 Å². The van der Waals surface area contributed by atoms with Crippen LogP contribution in [-0.4, -0.2) is 66.6 Å². The molecule has 5 atom stereocenters. The molecule has 2 aliphatic heterocycles. The lowest BCUT2D eigenvalue weighted by molar-refractivity contribution is -0.263. The summed E-state index contributed by atoms with van der Waals surface area (Å²) in [6.07, 6.45) is -4.69. The van der Waals surface area contributed by atoms with Crippen LogP contribution in [-0.2, 0) is 9.47 Å². The third kappa shape index (κ3) is 3.68. The third-order valence-corrected chi connectivity index (χ3v) is 4.86. The van der Waals surface area contributed by atoms with Crippen LogP contribution in [0.25, 0.3) is 6.08 Å². The molecule has 2 heterocycles. The summed E-state index contributed by atoms with van der Waals surface area (Å²) >= 11 is 0. The van der Waals surface area contributed by atoms with Crippen molar-refractivity contribution in [3.05, 3.63) is 53.3 Å². The van der Waals surface area contributed by atoms with E-state index in [1.165, 1.54) is 24.3 Å². The molecule has 7 N–H and O–H groups in total. The normalized spacial score (nSPS) is 28.8. The molecule has 9 nitrogen and oxygen atoms in total. The van der Waals surface area contributed by atoms with Gasteiger partial charge in [-0.3, -0.25) is 0 Å². The van der Waals surface area contributed by atoms with Crippen molar-refractivity contribution in [3.8, 4) is 23.0 Å². The minimum atomic E-state index is -1.50. The topological polar surface area (TPSA) is 153 Å². The molecule has 0 spiro atoms. The van der Waals surface area contributed by atoms with Crippen LogP contribution in [0.2, 0.25) is 0 Å². The van der Waals surface area contributed by atoms with Crippen molar-refractivity contribution >= 4 is 6.08 Å². The fourth-order valence-electron chi connectivity index (χ4n) is 3.30. The van der Waals surface area contributed by atoms with Crippen LogP contribution in [0.15, 0.2) is 42.2 Å². The first-order valence-electron chi connectivity index (χ1n) is 8.93. The lowest BCUT2D eigenvalue weighted by Gasteiger charge is -2.36. The summed E-state index contributed by atoms with van der Waals surface area (Å²) < 4.78 is 15.6. The minimum absolute atomic E-state index is 0.0647. The summed E-state index contributed by atoms with van der Waals surface area (Å²) in [6, 6.07) is 8.77. The number of rotatable bonds is 3. The summed E-state index contributed by atoms with van der Waals surface area (Å²) in [5.41, 5.74) is 0.937. The van der Waals surface area contributed by atoms with Crippen molar-refractivity contribution in [1.29, 1.82) is 0 Å². The molecule has 0 amide bonds. The molecular weight excluding hydrogens is 384 g/mol. The van der Waals surface area contributed by atoms with Gasteiger partial charge in [-0.1, -0.05) is 0 Å². The molecule has 0 saturated carbocycles. The van der Waals surface area contributed by atoms with E-state index in [9.17, 15) is 30.6 Å². The van der Waals surface area contributed by atoms with E-state index < -0.39 is 30.7 Å². The van der Waals surface area contributed by atoms with Crippen LogP contribution in [0.3, 0.4) is 0 Å². The summed E-state index contributed by atoms with van der Waals surface area (Å²) in [5.74, 6) is 0.227. The highest BCUT2D eigenvalue weighted by Gasteiger charge is 2.42. The third-order valence-electron chi connectivity index (χ3n) is 4.86. The van der Waals surface area contributed by atoms with Crippen molar-refractivity contribution in [2.75, 3.05) is 6.61 Å². The van der Waals surface area contributed by atoms with Gasteiger partial charge < -0.3 is 44.8 Å². The van der Waals surface area contributed by atoms with Gasteiger partial charge in [-0.05, 0) is 24.3 Å². The van der Waals surface area contributed by atoms with Crippen LogP contribution < -0.4 is 0 Å². The summed E-state index contributed by atoms with van der Waals surface area (Å²) in [5, 5.41) is 59.2. The maximum absolute atomic E-state index is 10.2. The minimum Gasteiger partial charge on any atom is -0.571 e. The Morgan fingerprint density at radius 1 is 0.931 bits per heavy atom. The van der Waals surface area contributed by atoms with Crippen molar-refractivity contribution in [3.63, 3.8) is 0 Å². The van der Waals surface area contributed by atoms with Gasteiger partial charge in [0.15, 0.2) is 5.76 Å². The fourth-order valence-corrected chi connectivity index (χ4v) is 3.30. The Morgan fingerprint density at radius 3 is 2.38 bits per heavy atom. The molecule has 154 valence electrons. The average Bonchev–Trinajstić information content (AvgIpc) is 2.69. The summed E-state index contributed by atoms with van der Waals surface area (Å²) in [4.78, 5) is 0. The van der Waals surface area contributed by atoms with Gasteiger partial charge >= 0.3 is 0 Å². The maximum Gasteiger partial charge on any atom is 0.270 e. The standard InChI is InChI=1S/C20H20O9/c21-10-3-1-9(2-4-10)19-16(29-20-18(26)17(25)14(24)8-27-20)7-12-13(23)5-11(22)6-15(12)28-19/h1-7,14,17-26H,8H2/p+1. The van der Waals surface area contributed by atoms with Gasteiger partial charge in [0.1, 0.15) is 41.1 Å². The first kappa shape index (κ1) is 19.3. The number of aliphatic hydroxyl groups excluding tert-OH is 3.